The van der Waals surface area contributed by atoms with Crippen molar-refractivity contribution in [2.75, 3.05) is 0 Å². The molecule has 0 bridgehead atoms. The van der Waals surface area contributed by atoms with E-state index < -0.39 is 0 Å². The van der Waals surface area contributed by atoms with E-state index in [0.717, 1.165) is 4.60 Å². The van der Waals surface area contributed by atoms with Crippen molar-refractivity contribution >= 4 is 15.9 Å². The monoisotopic (exact) mass is 172 g/mol. The molecule has 42 valence electrons. The highest BCUT2D eigenvalue weighted by atomic mass is 79.9. The number of hydrogen-bond donors (Lipinski definition) is 0. The predicted molar refractivity (Wildman–Crippen MR) is 36.7 cm³/mol. The summed E-state index contributed by atoms with van der Waals surface area (Å²) in [6, 6.07) is 3.94. The molecular weight excluding hydrogens is 167 g/mol. The summed E-state index contributed by atoms with van der Waals surface area (Å²) in [6.45, 7) is 2.03. The van der Waals surface area contributed by atoms with Gasteiger partial charge in [0, 0.05) is 6.20 Å². The third-order valence-electron chi connectivity index (χ3n) is 0.882. The van der Waals surface area contributed by atoms with Crippen molar-refractivity contribution in [2.45, 2.75) is 6.92 Å². The second-order valence-corrected chi connectivity index (χ2v) is 2.47. The summed E-state index contributed by atoms with van der Waals surface area (Å²) in [5.74, 6) is 0. The van der Waals surface area contributed by atoms with Crippen molar-refractivity contribution in [3.8, 4) is 0 Å². The predicted octanol–water partition coefficient (Wildman–Crippen LogP) is 2.15. The van der Waals surface area contributed by atoms with Gasteiger partial charge in [0.05, 0.1) is 0 Å². The van der Waals surface area contributed by atoms with Crippen molar-refractivity contribution in [3.05, 3.63) is 28.5 Å². The molecule has 0 saturated carbocycles. The summed E-state index contributed by atoms with van der Waals surface area (Å²) >= 11 is 3.25. The van der Waals surface area contributed by atoms with Crippen molar-refractivity contribution in [1.82, 2.24) is 4.98 Å². The molecule has 0 aromatic carbocycles. The lowest BCUT2D eigenvalue weighted by molar-refractivity contribution is 1.24. The Morgan fingerprint density at radius 3 is 2.75 bits per heavy atom. The van der Waals surface area contributed by atoms with Crippen LogP contribution in [0, 0.1) is 6.92 Å². The Morgan fingerprint density at radius 2 is 2.38 bits per heavy atom. The van der Waals surface area contributed by atoms with Gasteiger partial charge in [-0.1, -0.05) is 0 Å². The summed E-state index contributed by atoms with van der Waals surface area (Å²) in [6.07, 6.45) is 1.78. The second-order valence-electron chi connectivity index (χ2n) is 1.66. The van der Waals surface area contributed by atoms with Gasteiger partial charge < -0.3 is 0 Å². The maximum atomic E-state index is 3.96. The highest BCUT2D eigenvalue weighted by Gasteiger charge is 1.83. The smallest absolute Gasteiger partial charge is 0.106 e. The summed E-state index contributed by atoms with van der Waals surface area (Å²) < 4.78 is 0.900. The van der Waals surface area contributed by atoms with Crippen LogP contribution in [0.15, 0.2) is 22.9 Å². The van der Waals surface area contributed by atoms with E-state index in [4.69, 9.17) is 0 Å². The Kier molecular flexibility index (Phi) is 1.63. The van der Waals surface area contributed by atoms with E-state index in [0.29, 0.717) is 0 Å². The number of pyridine rings is 1. The maximum absolute atomic E-state index is 3.96. The lowest BCUT2D eigenvalue weighted by Gasteiger charge is -1.88. The lowest BCUT2D eigenvalue weighted by Crippen LogP contribution is -1.73. The third kappa shape index (κ3) is 1.30. The van der Waals surface area contributed by atoms with E-state index in [1.165, 1.54) is 5.56 Å². The van der Waals surface area contributed by atoms with Gasteiger partial charge in [0.1, 0.15) is 4.60 Å². The molecule has 0 N–H and O–H groups in total. The van der Waals surface area contributed by atoms with E-state index in [9.17, 15) is 0 Å². The summed E-state index contributed by atoms with van der Waals surface area (Å²) in [5, 5.41) is 0. The molecule has 0 aliphatic carbocycles. The van der Waals surface area contributed by atoms with Crippen LogP contribution in [0.4, 0.5) is 0 Å². The standard InChI is InChI=1S/C6H6BrN/c1-5-2-3-8-6(7)4-5/h2-4H,1H3/i1+1. The number of aryl methyl sites for hydroxylation is 1. The zero-order chi connectivity index (χ0) is 5.98. The molecule has 0 saturated heterocycles. The van der Waals surface area contributed by atoms with Crippen molar-refractivity contribution in [1.29, 1.82) is 0 Å². The average Bonchev–Trinajstić information content (AvgIpc) is 1.64. The molecule has 0 spiro atoms. The Morgan fingerprint density at radius 1 is 1.62 bits per heavy atom. The lowest BCUT2D eigenvalue weighted by atomic mass is 10.4. The number of halogens is 1. The van der Waals surface area contributed by atoms with Crippen LogP contribution >= 0.6 is 15.9 Å². The molecule has 1 rings (SSSR count). The van der Waals surface area contributed by atoms with Gasteiger partial charge in [-0.3, -0.25) is 0 Å². The van der Waals surface area contributed by atoms with Crippen LogP contribution in [0.25, 0.3) is 0 Å². The number of nitrogens with zero attached hydrogens (tertiary/aromatic N) is 1. The minimum atomic E-state index is 0.900. The first-order chi connectivity index (χ1) is 3.79. The minimum Gasteiger partial charge on any atom is -0.249 e. The van der Waals surface area contributed by atoms with E-state index in [1.54, 1.807) is 6.20 Å². The Labute approximate surface area is 56.9 Å². The zero-order valence-electron chi connectivity index (χ0n) is 4.56. The van der Waals surface area contributed by atoms with Gasteiger partial charge in [-0.05, 0) is 40.5 Å². The molecule has 0 aliphatic heterocycles. The molecular formula is C6H6BrN. The second kappa shape index (κ2) is 2.27. The molecule has 8 heavy (non-hydrogen) atoms. The van der Waals surface area contributed by atoms with Gasteiger partial charge in [0.15, 0.2) is 0 Å². The molecule has 1 aromatic heterocycles. The van der Waals surface area contributed by atoms with Crippen LogP contribution in [0.2, 0.25) is 0 Å². The topological polar surface area (TPSA) is 12.9 Å². The van der Waals surface area contributed by atoms with Gasteiger partial charge in [0.2, 0.25) is 0 Å². The van der Waals surface area contributed by atoms with E-state index in [-0.39, 0.29) is 0 Å². The molecule has 0 fully saturated rings. The first kappa shape index (κ1) is 5.76. The van der Waals surface area contributed by atoms with E-state index in [2.05, 4.69) is 20.9 Å². The zero-order valence-corrected chi connectivity index (χ0v) is 6.14. The van der Waals surface area contributed by atoms with Gasteiger partial charge in [-0.2, -0.15) is 0 Å². The molecule has 0 atom stereocenters. The Bertz CT molecular complexity index is 168. The van der Waals surface area contributed by atoms with Crippen LogP contribution in [-0.4, -0.2) is 4.98 Å². The largest absolute Gasteiger partial charge is 0.249 e. The molecule has 0 aliphatic rings. The minimum absolute atomic E-state index is 0.900. The Hall–Kier alpha value is -0.370. The SMILES string of the molecule is [13CH3]c1ccnc(Br)c1. The molecule has 1 heterocycles. The number of rotatable bonds is 0. The normalized spacial score (nSPS) is 9.25. The summed E-state index contributed by atoms with van der Waals surface area (Å²) in [4.78, 5) is 3.96. The van der Waals surface area contributed by atoms with Crippen LogP contribution < -0.4 is 0 Å². The van der Waals surface area contributed by atoms with Crippen molar-refractivity contribution in [2.24, 2.45) is 0 Å². The third-order valence-corrected chi connectivity index (χ3v) is 1.32. The van der Waals surface area contributed by atoms with Crippen LogP contribution in [-0.2, 0) is 0 Å². The first-order valence-electron chi connectivity index (χ1n) is 2.37. The van der Waals surface area contributed by atoms with E-state index in [1.807, 2.05) is 19.1 Å². The highest BCUT2D eigenvalue weighted by molar-refractivity contribution is 9.10. The molecule has 1 aromatic rings. The van der Waals surface area contributed by atoms with Gasteiger partial charge in [-0.25, -0.2) is 4.98 Å². The fourth-order valence-electron chi connectivity index (χ4n) is 0.499. The molecule has 0 unspecified atom stereocenters. The van der Waals surface area contributed by atoms with Crippen LogP contribution in [0.5, 0.6) is 0 Å². The summed E-state index contributed by atoms with van der Waals surface area (Å²) in [7, 11) is 0. The number of hydrogen-bond acceptors (Lipinski definition) is 1. The average molecular weight is 173 g/mol. The van der Waals surface area contributed by atoms with Crippen molar-refractivity contribution < 1.29 is 0 Å². The van der Waals surface area contributed by atoms with Crippen molar-refractivity contribution in [3.63, 3.8) is 0 Å². The first-order valence-corrected chi connectivity index (χ1v) is 3.16. The molecule has 1 nitrogen and oxygen atoms in total. The van der Waals surface area contributed by atoms with Crippen LogP contribution in [0.1, 0.15) is 5.56 Å². The fourth-order valence-corrected chi connectivity index (χ4v) is 0.979. The molecule has 0 radical (unpaired) electrons. The van der Waals surface area contributed by atoms with Crippen LogP contribution in [0.3, 0.4) is 0 Å². The van der Waals surface area contributed by atoms with Gasteiger partial charge in [-0.15, -0.1) is 0 Å². The number of aromatic nitrogens is 1. The van der Waals surface area contributed by atoms with E-state index >= 15 is 0 Å². The molecule has 2 heteroatoms. The highest BCUT2D eigenvalue weighted by Crippen LogP contribution is 2.05. The summed E-state index contributed by atoms with van der Waals surface area (Å²) in [5.41, 5.74) is 1.23. The van der Waals surface area contributed by atoms with Gasteiger partial charge >= 0.3 is 0 Å². The fraction of sp³-hybridized carbons (Fsp3) is 0.167. The quantitative estimate of drug-likeness (QED) is 0.432. The molecule has 0 amide bonds. The maximum Gasteiger partial charge on any atom is 0.106 e. The Balaban J connectivity index is 3.08. The van der Waals surface area contributed by atoms with Gasteiger partial charge in [0.25, 0.3) is 0 Å².